The summed E-state index contributed by atoms with van der Waals surface area (Å²) in [7, 11) is -1.56. The van der Waals surface area contributed by atoms with Crippen LogP contribution in [0.25, 0.3) is 0 Å². The highest BCUT2D eigenvalue weighted by atomic mass is 32.2. The van der Waals surface area contributed by atoms with Gasteiger partial charge in [-0.15, -0.1) is 0 Å². The highest BCUT2D eigenvalue weighted by Crippen LogP contribution is 2.26. The van der Waals surface area contributed by atoms with Gasteiger partial charge in [0.1, 0.15) is 0 Å². The van der Waals surface area contributed by atoms with Crippen molar-refractivity contribution in [3.63, 3.8) is 0 Å². The van der Waals surface area contributed by atoms with Gasteiger partial charge in [-0.1, -0.05) is 6.07 Å². The van der Waals surface area contributed by atoms with Crippen LogP contribution < -0.4 is 5.73 Å². The summed E-state index contributed by atoms with van der Waals surface area (Å²) in [5, 5.41) is 0. The topological polar surface area (TPSA) is 80.5 Å². The Labute approximate surface area is 119 Å². The molecule has 0 atom stereocenters. The van der Waals surface area contributed by atoms with E-state index in [0.717, 1.165) is 19.1 Å². The number of nitrogens with zero attached hydrogens (tertiary/aromatic N) is 1. The van der Waals surface area contributed by atoms with Crippen molar-refractivity contribution in [2.75, 3.05) is 19.8 Å². The van der Waals surface area contributed by atoms with E-state index in [4.69, 9.17) is 5.73 Å². The molecule has 0 heterocycles. The van der Waals surface area contributed by atoms with E-state index in [2.05, 4.69) is 0 Å². The number of hydrogen-bond acceptors (Lipinski definition) is 4. The van der Waals surface area contributed by atoms with Crippen LogP contribution in [0.1, 0.15) is 23.2 Å². The summed E-state index contributed by atoms with van der Waals surface area (Å²) >= 11 is 0. The summed E-state index contributed by atoms with van der Waals surface area (Å²) in [5.74, 6) is 0.299. The lowest BCUT2D eigenvalue weighted by Gasteiger charge is -2.35. The maximum Gasteiger partial charge on any atom is 0.253 e. The average molecular weight is 296 g/mol. The quantitative estimate of drug-likeness (QED) is 0.895. The fourth-order valence-electron chi connectivity index (χ4n) is 2.49. The third-order valence-corrected chi connectivity index (χ3v) is 4.77. The van der Waals surface area contributed by atoms with Crippen LogP contribution in [0, 0.1) is 5.92 Å². The lowest BCUT2D eigenvalue weighted by atomic mass is 9.80. The molecule has 1 fully saturated rings. The summed E-state index contributed by atoms with van der Waals surface area (Å²) < 4.78 is 23.0. The molecular weight excluding hydrogens is 276 g/mol. The van der Waals surface area contributed by atoms with Crippen molar-refractivity contribution in [3.8, 4) is 0 Å². The highest BCUT2D eigenvalue weighted by molar-refractivity contribution is 7.90. The first-order valence-electron chi connectivity index (χ1n) is 6.58. The Bertz CT molecular complexity index is 607. The molecule has 0 radical (unpaired) electrons. The van der Waals surface area contributed by atoms with Crippen molar-refractivity contribution in [2.45, 2.75) is 23.8 Å². The van der Waals surface area contributed by atoms with Gasteiger partial charge in [0, 0.05) is 31.5 Å². The van der Waals surface area contributed by atoms with Crippen LogP contribution >= 0.6 is 0 Å². The zero-order valence-corrected chi connectivity index (χ0v) is 12.6. The molecule has 2 N–H and O–H groups in total. The van der Waals surface area contributed by atoms with E-state index in [1.54, 1.807) is 24.1 Å². The largest absolute Gasteiger partial charge is 0.341 e. The lowest BCUT2D eigenvalue weighted by Crippen LogP contribution is -2.43. The van der Waals surface area contributed by atoms with Crippen LogP contribution in [-0.4, -0.2) is 45.1 Å². The summed E-state index contributed by atoms with van der Waals surface area (Å²) in [6.45, 7) is 0.662. The van der Waals surface area contributed by atoms with Gasteiger partial charge in [-0.2, -0.15) is 0 Å². The maximum absolute atomic E-state index is 12.3. The highest BCUT2D eigenvalue weighted by Gasteiger charge is 2.28. The van der Waals surface area contributed by atoms with Crippen LogP contribution in [0.5, 0.6) is 0 Å². The van der Waals surface area contributed by atoms with Gasteiger partial charge in [0.15, 0.2) is 9.84 Å². The Kier molecular flexibility index (Phi) is 4.15. The summed E-state index contributed by atoms with van der Waals surface area (Å²) in [6, 6.07) is 6.42. The molecule has 1 saturated carbocycles. The lowest BCUT2D eigenvalue weighted by molar-refractivity contribution is 0.0734. The summed E-state index contributed by atoms with van der Waals surface area (Å²) in [4.78, 5) is 14.1. The molecule has 5 nitrogen and oxygen atoms in total. The molecule has 0 aromatic heterocycles. The Balaban J connectivity index is 2.08. The van der Waals surface area contributed by atoms with Crippen LogP contribution in [0.4, 0.5) is 0 Å². The molecule has 1 aromatic carbocycles. The van der Waals surface area contributed by atoms with E-state index in [-0.39, 0.29) is 16.8 Å². The van der Waals surface area contributed by atoms with Gasteiger partial charge in [-0.3, -0.25) is 4.79 Å². The Morgan fingerprint density at radius 1 is 1.40 bits per heavy atom. The van der Waals surface area contributed by atoms with Gasteiger partial charge in [0.25, 0.3) is 5.91 Å². The van der Waals surface area contributed by atoms with Gasteiger partial charge in [0.2, 0.25) is 0 Å². The Morgan fingerprint density at radius 3 is 2.60 bits per heavy atom. The van der Waals surface area contributed by atoms with Crippen molar-refractivity contribution in [1.82, 2.24) is 4.90 Å². The fourth-order valence-corrected chi connectivity index (χ4v) is 3.15. The van der Waals surface area contributed by atoms with Crippen molar-refractivity contribution in [3.05, 3.63) is 29.8 Å². The number of amides is 1. The third kappa shape index (κ3) is 3.37. The van der Waals surface area contributed by atoms with E-state index < -0.39 is 9.84 Å². The van der Waals surface area contributed by atoms with E-state index >= 15 is 0 Å². The molecule has 20 heavy (non-hydrogen) atoms. The molecule has 2 rings (SSSR count). The zero-order chi connectivity index (χ0) is 14.9. The number of hydrogen-bond donors (Lipinski definition) is 1. The van der Waals surface area contributed by atoms with E-state index in [1.165, 1.54) is 12.1 Å². The van der Waals surface area contributed by atoms with Crippen LogP contribution in [0.2, 0.25) is 0 Å². The zero-order valence-electron chi connectivity index (χ0n) is 11.7. The smallest absolute Gasteiger partial charge is 0.253 e. The number of rotatable bonds is 4. The molecule has 0 unspecified atom stereocenters. The van der Waals surface area contributed by atoms with Crippen LogP contribution in [0.3, 0.4) is 0 Å². The first-order chi connectivity index (χ1) is 9.27. The number of carbonyl (C=O) groups excluding carboxylic acids is 1. The Hall–Kier alpha value is -1.40. The second-order valence-corrected chi connectivity index (χ2v) is 7.60. The van der Waals surface area contributed by atoms with E-state index in [0.29, 0.717) is 18.0 Å². The summed E-state index contributed by atoms with van der Waals surface area (Å²) in [5.41, 5.74) is 6.13. The standard InChI is InChI=1S/C14H20N2O3S/c1-16(9-10-6-12(15)7-10)14(17)11-4-3-5-13(8-11)20(2,18)19/h3-5,8,10,12H,6-7,9,15H2,1-2H3. The Morgan fingerprint density at radius 2 is 2.05 bits per heavy atom. The molecule has 0 bridgehead atoms. The van der Waals surface area contributed by atoms with Crippen molar-refractivity contribution in [1.29, 1.82) is 0 Å². The monoisotopic (exact) mass is 296 g/mol. The normalized spacial score (nSPS) is 22.1. The first kappa shape index (κ1) is 15.0. The second-order valence-electron chi connectivity index (χ2n) is 5.58. The van der Waals surface area contributed by atoms with Gasteiger partial charge in [-0.25, -0.2) is 8.42 Å². The van der Waals surface area contributed by atoms with Gasteiger partial charge in [0.05, 0.1) is 4.90 Å². The molecule has 1 aliphatic rings. The maximum atomic E-state index is 12.3. The third-order valence-electron chi connectivity index (χ3n) is 3.66. The molecule has 0 aliphatic heterocycles. The van der Waals surface area contributed by atoms with Gasteiger partial charge >= 0.3 is 0 Å². The fraction of sp³-hybridized carbons (Fsp3) is 0.500. The number of sulfone groups is 1. The molecule has 110 valence electrons. The summed E-state index contributed by atoms with van der Waals surface area (Å²) in [6.07, 6.45) is 3.03. The van der Waals surface area contributed by atoms with E-state index in [1.807, 2.05) is 0 Å². The molecule has 1 aliphatic carbocycles. The van der Waals surface area contributed by atoms with Crippen molar-refractivity contribution < 1.29 is 13.2 Å². The van der Waals surface area contributed by atoms with E-state index in [9.17, 15) is 13.2 Å². The number of nitrogens with two attached hydrogens (primary N) is 1. The predicted octanol–water partition coefficient (Wildman–Crippen LogP) is 0.899. The molecular formula is C14H20N2O3S. The molecule has 1 amide bonds. The average Bonchev–Trinajstić information content (AvgIpc) is 2.35. The second kappa shape index (κ2) is 5.54. The number of benzene rings is 1. The minimum Gasteiger partial charge on any atom is -0.341 e. The van der Waals surface area contributed by atoms with Crippen LogP contribution in [0.15, 0.2) is 29.2 Å². The minimum absolute atomic E-state index is 0.157. The molecule has 0 spiro atoms. The molecule has 0 saturated heterocycles. The molecule has 6 heteroatoms. The SMILES string of the molecule is CN(CC1CC(N)C1)C(=O)c1cccc(S(C)(=O)=O)c1. The van der Waals surface area contributed by atoms with Gasteiger partial charge < -0.3 is 10.6 Å². The first-order valence-corrected chi connectivity index (χ1v) is 8.47. The van der Waals surface area contributed by atoms with Gasteiger partial charge in [-0.05, 0) is 37.0 Å². The number of carbonyl (C=O) groups is 1. The van der Waals surface area contributed by atoms with Crippen LogP contribution in [-0.2, 0) is 9.84 Å². The predicted molar refractivity (Wildman–Crippen MR) is 77.2 cm³/mol. The van der Waals surface area contributed by atoms with Crippen molar-refractivity contribution in [2.24, 2.45) is 11.7 Å². The molecule has 1 aromatic rings. The van der Waals surface area contributed by atoms with Crippen molar-refractivity contribution >= 4 is 15.7 Å². The minimum atomic E-state index is -3.30.